The van der Waals surface area contributed by atoms with Gasteiger partial charge in [-0.05, 0) is 30.2 Å². The maximum Gasteiger partial charge on any atom is 0.340 e. The van der Waals surface area contributed by atoms with E-state index >= 15 is 0 Å². The highest BCUT2D eigenvalue weighted by atomic mass is 32.2. The molecule has 0 spiro atoms. The van der Waals surface area contributed by atoms with Crippen molar-refractivity contribution < 1.29 is 27.4 Å². The standard InChI is InChI=1S/C21H23NO6S/c1-26-18-8-7-14(11-19(18)27-2)12-22(15-9-10-29(24,25)13-15)20-16-5-3-4-6-17(16)21(23)28-20/h3-8,11,15,20H,9-10,12-13H2,1-2H3. The van der Waals surface area contributed by atoms with E-state index in [1.54, 1.807) is 26.4 Å². The molecule has 1 fully saturated rings. The van der Waals surface area contributed by atoms with Crippen molar-refractivity contribution in [3.63, 3.8) is 0 Å². The van der Waals surface area contributed by atoms with Gasteiger partial charge >= 0.3 is 5.97 Å². The fourth-order valence-electron chi connectivity index (χ4n) is 4.00. The molecule has 0 aliphatic carbocycles. The van der Waals surface area contributed by atoms with Crippen LogP contribution in [0.15, 0.2) is 42.5 Å². The van der Waals surface area contributed by atoms with E-state index in [-0.39, 0.29) is 23.5 Å². The summed E-state index contributed by atoms with van der Waals surface area (Å²) in [5, 5.41) is 0. The van der Waals surface area contributed by atoms with Crippen molar-refractivity contribution in [2.24, 2.45) is 0 Å². The van der Waals surface area contributed by atoms with Gasteiger partial charge in [0.1, 0.15) is 0 Å². The number of hydrogen-bond acceptors (Lipinski definition) is 7. The third-order valence-corrected chi connectivity index (χ3v) is 7.21. The van der Waals surface area contributed by atoms with E-state index in [9.17, 15) is 13.2 Å². The highest BCUT2D eigenvalue weighted by molar-refractivity contribution is 7.91. The minimum Gasteiger partial charge on any atom is -0.493 e. The summed E-state index contributed by atoms with van der Waals surface area (Å²) in [6.07, 6.45) is -0.114. The van der Waals surface area contributed by atoms with E-state index < -0.39 is 16.1 Å². The van der Waals surface area contributed by atoms with Gasteiger partial charge in [-0.1, -0.05) is 24.3 Å². The zero-order valence-electron chi connectivity index (χ0n) is 16.3. The number of fused-ring (bicyclic) bond motifs is 1. The van der Waals surface area contributed by atoms with Crippen molar-refractivity contribution in [2.45, 2.75) is 25.2 Å². The molecule has 7 nitrogen and oxygen atoms in total. The Morgan fingerprint density at radius 3 is 2.55 bits per heavy atom. The van der Waals surface area contributed by atoms with E-state index in [0.29, 0.717) is 30.0 Å². The van der Waals surface area contributed by atoms with Gasteiger partial charge in [0.25, 0.3) is 0 Å². The summed E-state index contributed by atoms with van der Waals surface area (Å²) < 4.78 is 40.6. The van der Waals surface area contributed by atoms with Gasteiger partial charge in [-0.15, -0.1) is 0 Å². The Kier molecular flexibility index (Phi) is 5.23. The molecule has 2 unspecified atom stereocenters. The lowest BCUT2D eigenvalue weighted by atomic mass is 10.1. The summed E-state index contributed by atoms with van der Waals surface area (Å²) in [6, 6.07) is 12.6. The molecule has 2 heterocycles. The lowest BCUT2D eigenvalue weighted by Crippen LogP contribution is -2.39. The lowest BCUT2D eigenvalue weighted by Gasteiger charge is -2.33. The third kappa shape index (κ3) is 3.82. The van der Waals surface area contributed by atoms with Gasteiger partial charge < -0.3 is 14.2 Å². The fourth-order valence-corrected chi connectivity index (χ4v) is 5.75. The number of benzene rings is 2. The SMILES string of the molecule is COc1ccc(CN(C2CCS(=O)(=O)C2)C2OC(=O)c3ccccc32)cc1OC. The van der Waals surface area contributed by atoms with Gasteiger partial charge in [-0.25, -0.2) is 13.2 Å². The van der Waals surface area contributed by atoms with Crippen LogP contribution in [-0.4, -0.2) is 51.1 Å². The second-order valence-electron chi connectivity index (χ2n) is 7.26. The summed E-state index contributed by atoms with van der Waals surface area (Å²) >= 11 is 0. The van der Waals surface area contributed by atoms with Crippen LogP contribution in [0, 0.1) is 0 Å². The molecule has 2 aliphatic rings. The van der Waals surface area contributed by atoms with Crippen molar-refractivity contribution >= 4 is 15.8 Å². The summed E-state index contributed by atoms with van der Waals surface area (Å²) in [4.78, 5) is 14.3. The van der Waals surface area contributed by atoms with E-state index in [1.165, 1.54) is 0 Å². The van der Waals surface area contributed by atoms with Gasteiger partial charge in [0, 0.05) is 18.2 Å². The van der Waals surface area contributed by atoms with Crippen LogP contribution in [0.2, 0.25) is 0 Å². The molecule has 8 heteroatoms. The number of esters is 1. The van der Waals surface area contributed by atoms with E-state index in [0.717, 1.165) is 11.1 Å². The van der Waals surface area contributed by atoms with Crippen LogP contribution in [-0.2, 0) is 21.1 Å². The summed E-state index contributed by atoms with van der Waals surface area (Å²) in [5.41, 5.74) is 2.20. The van der Waals surface area contributed by atoms with E-state index in [1.807, 2.05) is 35.2 Å². The second kappa shape index (κ2) is 7.68. The molecular weight excluding hydrogens is 394 g/mol. The number of rotatable bonds is 6. The fraction of sp³-hybridized carbons (Fsp3) is 0.381. The Morgan fingerprint density at radius 1 is 1.10 bits per heavy atom. The minimum atomic E-state index is -3.10. The first kappa shape index (κ1) is 19.7. The average molecular weight is 417 g/mol. The van der Waals surface area contributed by atoms with Crippen molar-refractivity contribution in [1.82, 2.24) is 4.90 Å². The van der Waals surface area contributed by atoms with Crippen LogP contribution in [0.3, 0.4) is 0 Å². The Bertz CT molecular complexity index is 1040. The molecule has 2 aliphatic heterocycles. The lowest BCUT2D eigenvalue weighted by molar-refractivity contribution is -0.0424. The predicted octanol–water partition coefficient (Wildman–Crippen LogP) is 2.56. The molecule has 0 amide bonds. The van der Waals surface area contributed by atoms with Gasteiger partial charge in [0.05, 0.1) is 31.3 Å². The van der Waals surface area contributed by atoms with Crippen LogP contribution >= 0.6 is 0 Å². The first-order chi connectivity index (χ1) is 13.9. The predicted molar refractivity (Wildman–Crippen MR) is 107 cm³/mol. The van der Waals surface area contributed by atoms with Gasteiger partial charge in [0.15, 0.2) is 27.6 Å². The smallest absolute Gasteiger partial charge is 0.340 e. The van der Waals surface area contributed by atoms with Crippen LogP contribution in [0.5, 0.6) is 11.5 Å². The number of ether oxygens (including phenoxy) is 3. The van der Waals surface area contributed by atoms with Gasteiger partial charge in [0.2, 0.25) is 0 Å². The first-order valence-corrected chi connectivity index (χ1v) is 11.2. The van der Waals surface area contributed by atoms with E-state index in [2.05, 4.69) is 0 Å². The van der Waals surface area contributed by atoms with Crippen molar-refractivity contribution in [3.05, 3.63) is 59.2 Å². The highest BCUT2D eigenvalue weighted by Crippen LogP contribution is 2.38. The molecule has 0 radical (unpaired) electrons. The number of carbonyl (C=O) groups is 1. The number of hydrogen-bond donors (Lipinski definition) is 0. The first-order valence-electron chi connectivity index (χ1n) is 9.39. The largest absolute Gasteiger partial charge is 0.493 e. The number of nitrogens with zero attached hydrogens (tertiary/aromatic N) is 1. The monoisotopic (exact) mass is 417 g/mol. The Balaban J connectivity index is 1.70. The van der Waals surface area contributed by atoms with Crippen LogP contribution < -0.4 is 9.47 Å². The van der Waals surface area contributed by atoms with Crippen molar-refractivity contribution in [3.8, 4) is 11.5 Å². The van der Waals surface area contributed by atoms with Crippen LogP contribution in [0.25, 0.3) is 0 Å². The zero-order valence-corrected chi connectivity index (χ0v) is 17.1. The topological polar surface area (TPSA) is 82.1 Å². The summed E-state index contributed by atoms with van der Waals surface area (Å²) in [7, 11) is 0.0354. The molecule has 1 saturated heterocycles. The van der Waals surface area contributed by atoms with Crippen LogP contribution in [0.1, 0.15) is 34.1 Å². The number of methoxy groups -OCH3 is 2. The average Bonchev–Trinajstić information content (AvgIpc) is 3.25. The molecule has 0 bridgehead atoms. The quantitative estimate of drug-likeness (QED) is 0.668. The molecule has 29 heavy (non-hydrogen) atoms. The Labute approximate surface area is 170 Å². The van der Waals surface area contributed by atoms with Crippen molar-refractivity contribution in [2.75, 3.05) is 25.7 Å². The van der Waals surface area contributed by atoms with Gasteiger partial charge in [-0.2, -0.15) is 0 Å². The third-order valence-electron chi connectivity index (χ3n) is 5.46. The van der Waals surface area contributed by atoms with Crippen molar-refractivity contribution in [1.29, 1.82) is 0 Å². The van der Waals surface area contributed by atoms with Crippen LogP contribution in [0.4, 0.5) is 0 Å². The molecule has 2 atom stereocenters. The molecule has 2 aromatic carbocycles. The zero-order chi connectivity index (χ0) is 20.6. The molecule has 0 aromatic heterocycles. The maximum atomic E-state index is 12.4. The molecule has 0 saturated carbocycles. The summed E-state index contributed by atoms with van der Waals surface area (Å²) in [6.45, 7) is 0.410. The second-order valence-corrected chi connectivity index (χ2v) is 9.49. The molecular formula is C21H23NO6S. The summed E-state index contributed by atoms with van der Waals surface area (Å²) in [5.74, 6) is 1.01. The normalized spacial score (nSPS) is 22.4. The number of sulfone groups is 1. The number of cyclic esters (lactones) is 1. The molecule has 2 aromatic rings. The molecule has 0 N–H and O–H groups in total. The Hall–Kier alpha value is -2.58. The molecule has 154 valence electrons. The maximum absolute atomic E-state index is 12.4. The van der Waals surface area contributed by atoms with E-state index in [4.69, 9.17) is 14.2 Å². The number of carbonyl (C=O) groups excluding carboxylic acids is 1. The Morgan fingerprint density at radius 2 is 1.86 bits per heavy atom. The highest BCUT2D eigenvalue weighted by Gasteiger charge is 2.41. The molecule has 4 rings (SSSR count). The van der Waals surface area contributed by atoms with Gasteiger partial charge in [-0.3, -0.25) is 4.90 Å². The minimum absolute atomic E-state index is 0.0521.